The second-order valence-corrected chi connectivity index (χ2v) is 5.98. The van der Waals surface area contributed by atoms with Gasteiger partial charge in [-0.1, -0.05) is 0 Å². The molecule has 0 radical (unpaired) electrons. The van der Waals surface area contributed by atoms with E-state index in [1.54, 1.807) is 33.9 Å². The van der Waals surface area contributed by atoms with Crippen molar-refractivity contribution in [2.75, 3.05) is 18.4 Å². The second kappa shape index (κ2) is 8.30. The third kappa shape index (κ3) is 6.94. The van der Waals surface area contributed by atoms with Crippen molar-refractivity contribution in [3.05, 3.63) is 17.6 Å². The highest BCUT2D eigenvalue weighted by molar-refractivity contribution is 5.67. The average molecular weight is 324 g/mol. The van der Waals surface area contributed by atoms with Crippen molar-refractivity contribution in [2.45, 2.75) is 46.3 Å². The molecule has 0 aliphatic rings. The summed E-state index contributed by atoms with van der Waals surface area (Å²) in [5.74, 6) is 0.519. The highest BCUT2D eigenvalue weighted by atomic mass is 16.6. The van der Waals surface area contributed by atoms with Crippen molar-refractivity contribution < 1.29 is 19.1 Å². The van der Waals surface area contributed by atoms with Crippen molar-refractivity contribution >= 4 is 18.4 Å². The normalized spacial score (nSPS) is 12.2. The third-order valence-corrected chi connectivity index (χ3v) is 2.65. The molecule has 0 aliphatic carbocycles. The van der Waals surface area contributed by atoms with Gasteiger partial charge in [0, 0.05) is 19.3 Å². The fourth-order valence-electron chi connectivity index (χ4n) is 1.72. The zero-order valence-corrected chi connectivity index (χ0v) is 14.2. The summed E-state index contributed by atoms with van der Waals surface area (Å²) in [5.41, 5.74) is 0.725. The maximum atomic E-state index is 11.5. The standard InChI is InChI=1S/C15H24N4O4/c1-10-8-18-12(11(2)22-9-20)13(19-10)16-6-7-17-14(21)23-15(3,4)5/h8-9,11H,6-7H2,1-5H3,(H,16,19)(H,17,21). The number of rotatable bonds is 7. The van der Waals surface area contributed by atoms with Gasteiger partial charge in [0.1, 0.15) is 17.4 Å². The van der Waals surface area contributed by atoms with Crippen LogP contribution in [0.25, 0.3) is 0 Å². The Morgan fingerprint density at radius 3 is 2.70 bits per heavy atom. The number of nitrogens with zero attached hydrogens (tertiary/aromatic N) is 2. The first-order chi connectivity index (χ1) is 10.7. The zero-order chi connectivity index (χ0) is 17.5. The van der Waals surface area contributed by atoms with Crippen LogP contribution in [0.4, 0.5) is 10.6 Å². The molecule has 8 nitrogen and oxygen atoms in total. The molecule has 0 aliphatic heterocycles. The lowest BCUT2D eigenvalue weighted by Gasteiger charge is -2.20. The molecule has 0 fully saturated rings. The molecule has 1 heterocycles. The molecule has 23 heavy (non-hydrogen) atoms. The Balaban J connectivity index is 2.55. The number of alkyl carbamates (subject to hydrolysis) is 1. The van der Waals surface area contributed by atoms with Gasteiger partial charge >= 0.3 is 6.09 Å². The molecule has 1 aromatic heterocycles. The summed E-state index contributed by atoms with van der Waals surface area (Å²) in [4.78, 5) is 30.6. The number of ether oxygens (including phenoxy) is 2. The van der Waals surface area contributed by atoms with Crippen molar-refractivity contribution in [1.29, 1.82) is 0 Å². The zero-order valence-electron chi connectivity index (χ0n) is 14.2. The first kappa shape index (κ1) is 18.7. The summed E-state index contributed by atoms with van der Waals surface area (Å²) >= 11 is 0. The summed E-state index contributed by atoms with van der Waals surface area (Å²) in [5, 5.41) is 5.71. The minimum atomic E-state index is -0.533. The van der Waals surface area contributed by atoms with Gasteiger partial charge in [-0.15, -0.1) is 0 Å². The largest absolute Gasteiger partial charge is 0.458 e. The van der Waals surface area contributed by atoms with Gasteiger partial charge in [-0.05, 0) is 34.6 Å². The van der Waals surface area contributed by atoms with Crippen LogP contribution in [0.1, 0.15) is 45.2 Å². The van der Waals surface area contributed by atoms with Crippen LogP contribution < -0.4 is 10.6 Å². The van der Waals surface area contributed by atoms with Gasteiger partial charge in [0.2, 0.25) is 0 Å². The molecular weight excluding hydrogens is 300 g/mol. The fourth-order valence-corrected chi connectivity index (χ4v) is 1.72. The molecule has 1 rings (SSSR count). The van der Waals surface area contributed by atoms with Crippen LogP contribution in [-0.4, -0.2) is 41.2 Å². The van der Waals surface area contributed by atoms with Crippen molar-refractivity contribution in [1.82, 2.24) is 15.3 Å². The van der Waals surface area contributed by atoms with Crippen LogP contribution in [0, 0.1) is 6.92 Å². The van der Waals surface area contributed by atoms with E-state index in [1.165, 1.54) is 0 Å². The Morgan fingerprint density at radius 2 is 2.09 bits per heavy atom. The minimum Gasteiger partial charge on any atom is -0.458 e. The molecule has 0 aromatic carbocycles. The molecule has 0 spiro atoms. The lowest BCUT2D eigenvalue weighted by molar-refractivity contribution is -0.133. The first-order valence-electron chi connectivity index (χ1n) is 7.36. The molecule has 0 saturated carbocycles. The monoisotopic (exact) mass is 324 g/mol. The van der Waals surface area contributed by atoms with Crippen molar-refractivity contribution in [3.8, 4) is 0 Å². The molecule has 1 aromatic rings. The Bertz CT molecular complexity index is 543. The molecule has 1 atom stereocenters. The highest BCUT2D eigenvalue weighted by Gasteiger charge is 2.16. The number of amides is 1. The van der Waals surface area contributed by atoms with E-state index in [0.717, 1.165) is 5.69 Å². The fraction of sp³-hybridized carbons (Fsp3) is 0.600. The quantitative estimate of drug-likeness (QED) is 0.583. The van der Waals surface area contributed by atoms with E-state index < -0.39 is 17.8 Å². The predicted molar refractivity (Wildman–Crippen MR) is 85.1 cm³/mol. The van der Waals surface area contributed by atoms with E-state index in [1.807, 2.05) is 6.92 Å². The Morgan fingerprint density at radius 1 is 1.39 bits per heavy atom. The molecular formula is C15H24N4O4. The lowest BCUT2D eigenvalue weighted by atomic mass is 10.2. The van der Waals surface area contributed by atoms with Gasteiger partial charge in [-0.2, -0.15) is 0 Å². The average Bonchev–Trinajstić information content (AvgIpc) is 2.42. The SMILES string of the molecule is Cc1cnc(C(C)OC=O)c(NCCNC(=O)OC(C)(C)C)n1. The number of anilines is 1. The Hall–Kier alpha value is -2.38. The van der Waals surface area contributed by atoms with Gasteiger partial charge in [-0.25, -0.2) is 9.78 Å². The maximum absolute atomic E-state index is 11.5. The lowest BCUT2D eigenvalue weighted by Crippen LogP contribution is -2.35. The van der Waals surface area contributed by atoms with Gasteiger partial charge in [0.05, 0.1) is 5.69 Å². The maximum Gasteiger partial charge on any atom is 0.407 e. The number of nitrogens with one attached hydrogen (secondary N) is 2. The highest BCUT2D eigenvalue weighted by Crippen LogP contribution is 2.20. The Kier molecular flexibility index (Phi) is 6.74. The van der Waals surface area contributed by atoms with Crippen LogP contribution in [-0.2, 0) is 14.3 Å². The summed E-state index contributed by atoms with van der Waals surface area (Å²) in [7, 11) is 0. The third-order valence-electron chi connectivity index (χ3n) is 2.65. The minimum absolute atomic E-state index is 0.354. The topological polar surface area (TPSA) is 102 Å². The number of carbonyl (C=O) groups is 2. The van der Waals surface area contributed by atoms with Gasteiger partial charge in [0.15, 0.2) is 5.82 Å². The molecule has 1 amide bonds. The number of carbonyl (C=O) groups excluding carboxylic acids is 2. The number of aryl methyl sites for hydroxylation is 1. The molecule has 8 heteroatoms. The van der Waals surface area contributed by atoms with Gasteiger partial charge in [-0.3, -0.25) is 9.78 Å². The van der Waals surface area contributed by atoms with Crippen molar-refractivity contribution in [3.63, 3.8) is 0 Å². The molecule has 0 bridgehead atoms. The van der Waals surface area contributed by atoms with E-state index in [9.17, 15) is 9.59 Å². The smallest absolute Gasteiger partial charge is 0.407 e. The summed E-state index contributed by atoms with van der Waals surface area (Å²) in [6, 6.07) is 0. The van der Waals surface area contributed by atoms with Gasteiger partial charge < -0.3 is 20.1 Å². The number of aromatic nitrogens is 2. The summed E-state index contributed by atoms with van der Waals surface area (Å²) in [6.07, 6.45) is 0.610. The van der Waals surface area contributed by atoms with E-state index >= 15 is 0 Å². The summed E-state index contributed by atoms with van der Waals surface area (Å²) < 4.78 is 10.0. The first-order valence-corrected chi connectivity index (χ1v) is 7.36. The molecule has 0 saturated heterocycles. The molecule has 1 unspecified atom stereocenters. The van der Waals surface area contributed by atoms with E-state index in [2.05, 4.69) is 20.6 Å². The second-order valence-electron chi connectivity index (χ2n) is 5.98. The van der Waals surface area contributed by atoms with E-state index in [4.69, 9.17) is 9.47 Å². The predicted octanol–water partition coefficient (Wildman–Crippen LogP) is 1.96. The van der Waals surface area contributed by atoms with Crippen LogP contribution in [0.5, 0.6) is 0 Å². The van der Waals surface area contributed by atoms with Crippen LogP contribution >= 0.6 is 0 Å². The number of hydrogen-bond donors (Lipinski definition) is 2. The van der Waals surface area contributed by atoms with Gasteiger partial charge in [0.25, 0.3) is 6.47 Å². The van der Waals surface area contributed by atoms with E-state index in [-0.39, 0.29) is 0 Å². The van der Waals surface area contributed by atoms with Crippen LogP contribution in [0.2, 0.25) is 0 Å². The molecule has 2 N–H and O–H groups in total. The Labute approximate surface area is 136 Å². The van der Waals surface area contributed by atoms with Crippen molar-refractivity contribution in [2.24, 2.45) is 0 Å². The van der Waals surface area contributed by atoms with Crippen LogP contribution in [0.15, 0.2) is 6.20 Å². The van der Waals surface area contributed by atoms with Crippen LogP contribution in [0.3, 0.4) is 0 Å². The number of hydrogen-bond acceptors (Lipinski definition) is 7. The van der Waals surface area contributed by atoms with E-state index in [0.29, 0.717) is 31.1 Å². The summed E-state index contributed by atoms with van der Waals surface area (Å²) in [6.45, 7) is 10.1. The molecule has 128 valence electrons.